The molecule has 0 aromatic heterocycles. The fourth-order valence-corrected chi connectivity index (χ4v) is 4.71. The van der Waals surface area contributed by atoms with Gasteiger partial charge in [0, 0.05) is 31.7 Å². The molecule has 1 fully saturated rings. The molecule has 2 aromatic carbocycles. The lowest BCUT2D eigenvalue weighted by Gasteiger charge is -2.34. The van der Waals surface area contributed by atoms with Gasteiger partial charge in [-0.2, -0.15) is 4.31 Å². The monoisotopic (exact) mass is 408 g/mol. The average molecular weight is 408 g/mol. The summed E-state index contributed by atoms with van der Waals surface area (Å²) >= 11 is 0. The summed E-state index contributed by atoms with van der Waals surface area (Å²) in [7, 11) is -4.31. The molecule has 1 heterocycles. The first-order valence-corrected chi connectivity index (χ1v) is 10.5. The van der Waals surface area contributed by atoms with E-state index in [2.05, 4.69) is 13.8 Å². The number of hydrogen-bond acceptors (Lipinski definition) is 3. The first-order valence-electron chi connectivity index (χ1n) is 9.05. The number of sulfonamides is 1. The summed E-state index contributed by atoms with van der Waals surface area (Å²) in [5.74, 6) is -2.08. The van der Waals surface area contributed by atoms with Gasteiger partial charge < -0.3 is 4.90 Å². The number of carbonyl (C=O) groups is 1. The van der Waals surface area contributed by atoms with Crippen LogP contribution in [0, 0.1) is 11.6 Å². The largest absolute Gasteiger partial charge is 0.336 e. The Morgan fingerprint density at radius 3 is 1.96 bits per heavy atom. The first kappa shape index (κ1) is 20.4. The molecule has 1 aliphatic heterocycles. The standard InChI is InChI=1S/C20H22F2N2O3S/c1-14(2)15-6-8-16(9-7-15)20(25)23-10-12-24(13-11-23)28(26,27)19-17(21)4-3-5-18(19)22/h3-9,14H,10-13H2,1-2H3. The summed E-state index contributed by atoms with van der Waals surface area (Å²) < 4.78 is 54.1. The zero-order chi connectivity index (χ0) is 20.5. The topological polar surface area (TPSA) is 57.7 Å². The van der Waals surface area contributed by atoms with Crippen molar-refractivity contribution in [3.05, 3.63) is 65.2 Å². The van der Waals surface area contributed by atoms with Crippen LogP contribution in [0.2, 0.25) is 0 Å². The third-order valence-electron chi connectivity index (χ3n) is 4.87. The molecule has 0 saturated carbocycles. The zero-order valence-electron chi connectivity index (χ0n) is 15.7. The number of halogens is 2. The van der Waals surface area contributed by atoms with Gasteiger partial charge >= 0.3 is 0 Å². The highest BCUT2D eigenvalue weighted by Gasteiger charge is 2.34. The van der Waals surface area contributed by atoms with E-state index in [1.165, 1.54) is 0 Å². The minimum atomic E-state index is -4.31. The van der Waals surface area contributed by atoms with Crippen molar-refractivity contribution in [2.45, 2.75) is 24.7 Å². The number of amides is 1. The maximum Gasteiger partial charge on any atom is 0.253 e. The van der Waals surface area contributed by atoms with Crippen molar-refractivity contribution in [3.8, 4) is 0 Å². The number of carbonyl (C=O) groups excluding carboxylic acids is 1. The average Bonchev–Trinajstić information content (AvgIpc) is 2.67. The third-order valence-corrected chi connectivity index (χ3v) is 6.82. The second kappa shape index (κ2) is 7.97. The van der Waals surface area contributed by atoms with Gasteiger partial charge in [0.25, 0.3) is 5.91 Å². The Labute approximate surface area is 163 Å². The minimum Gasteiger partial charge on any atom is -0.336 e. The van der Waals surface area contributed by atoms with Crippen molar-refractivity contribution >= 4 is 15.9 Å². The molecule has 150 valence electrons. The number of hydrogen-bond donors (Lipinski definition) is 0. The second-order valence-corrected chi connectivity index (χ2v) is 8.90. The molecule has 1 amide bonds. The van der Waals surface area contributed by atoms with Gasteiger partial charge in [0.1, 0.15) is 11.6 Å². The van der Waals surface area contributed by atoms with Crippen LogP contribution in [0.1, 0.15) is 35.7 Å². The van der Waals surface area contributed by atoms with Gasteiger partial charge in [0.15, 0.2) is 4.90 Å². The Hall–Kier alpha value is -2.32. The summed E-state index contributed by atoms with van der Waals surface area (Å²) in [5.41, 5.74) is 1.65. The molecule has 0 aliphatic carbocycles. The van der Waals surface area contributed by atoms with Crippen LogP contribution in [-0.4, -0.2) is 49.7 Å². The summed E-state index contributed by atoms with van der Waals surface area (Å²) in [4.78, 5) is 13.3. The van der Waals surface area contributed by atoms with E-state index < -0.39 is 26.6 Å². The van der Waals surface area contributed by atoms with Crippen molar-refractivity contribution in [2.24, 2.45) is 0 Å². The lowest BCUT2D eigenvalue weighted by atomic mass is 10.0. The predicted octanol–water partition coefficient (Wildman–Crippen LogP) is 3.23. The van der Waals surface area contributed by atoms with Crippen LogP contribution in [0.5, 0.6) is 0 Å². The third kappa shape index (κ3) is 3.93. The Kier molecular flexibility index (Phi) is 5.81. The molecule has 8 heteroatoms. The Balaban J connectivity index is 1.71. The molecule has 0 bridgehead atoms. The van der Waals surface area contributed by atoms with Gasteiger partial charge in [0.2, 0.25) is 10.0 Å². The van der Waals surface area contributed by atoms with Crippen molar-refractivity contribution < 1.29 is 22.0 Å². The van der Waals surface area contributed by atoms with E-state index in [1.54, 1.807) is 17.0 Å². The number of piperazine rings is 1. The van der Waals surface area contributed by atoms with Crippen molar-refractivity contribution in [3.63, 3.8) is 0 Å². The van der Waals surface area contributed by atoms with Crippen LogP contribution >= 0.6 is 0 Å². The number of benzene rings is 2. The summed E-state index contributed by atoms with van der Waals surface area (Å²) in [6, 6.07) is 10.3. The highest BCUT2D eigenvalue weighted by Crippen LogP contribution is 2.24. The lowest BCUT2D eigenvalue weighted by molar-refractivity contribution is 0.0697. The van der Waals surface area contributed by atoms with Gasteiger partial charge in [-0.25, -0.2) is 17.2 Å². The molecule has 0 spiro atoms. The fourth-order valence-electron chi connectivity index (χ4n) is 3.18. The minimum absolute atomic E-state index is 0.0219. The van der Waals surface area contributed by atoms with Crippen LogP contribution in [-0.2, 0) is 10.0 Å². The highest BCUT2D eigenvalue weighted by molar-refractivity contribution is 7.89. The maximum atomic E-state index is 13.9. The normalized spacial score (nSPS) is 15.8. The number of nitrogens with zero attached hydrogens (tertiary/aromatic N) is 2. The highest BCUT2D eigenvalue weighted by atomic mass is 32.2. The molecule has 0 N–H and O–H groups in total. The Morgan fingerprint density at radius 2 is 1.46 bits per heavy atom. The van der Waals surface area contributed by atoms with E-state index in [0.29, 0.717) is 11.5 Å². The molecule has 0 radical (unpaired) electrons. The lowest BCUT2D eigenvalue weighted by Crippen LogP contribution is -2.50. The molecule has 5 nitrogen and oxygen atoms in total. The molecular formula is C20H22F2N2O3S. The molecule has 0 unspecified atom stereocenters. The van der Waals surface area contributed by atoms with Crippen LogP contribution in [0.25, 0.3) is 0 Å². The summed E-state index contributed by atoms with van der Waals surface area (Å²) in [5, 5.41) is 0. The van der Waals surface area contributed by atoms with Crippen LogP contribution in [0.15, 0.2) is 47.4 Å². The first-order chi connectivity index (χ1) is 13.2. The van der Waals surface area contributed by atoms with E-state index in [-0.39, 0.29) is 32.1 Å². The number of rotatable bonds is 4. The smallest absolute Gasteiger partial charge is 0.253 e. The van der Waals surface area contributed by atoms with E-state index >= 15 is 0 Å². The van der Waals surface area contributed by atoms with Gasteiger partial charge in [-0.05, 0) is 35.7 Å². The summed E-state index contributed by atoms with van der Waals surface area (Å²) in [6.45, 7) is 4.39. The van der Waals surface area contributed by atoms with Gasteiger partial charge in [-0.3, -0.25) is 4.79 Å². The molecule has 0 atom stereocenters. The van der Waals surface area contributed by atoms with Gasteiger partial charge in [-0.15, -0.1) is 0 Å². The molecule has 2 aromatic rings. The Morgan fingerprint density at radius 1 is 0.929 bits per heavy atom. The quantitative estimate of drug-likeness (QED) is 0.781. The van der Waals surface area contributed by atoms with Crippen LogP contribution in [0.3, 0.4) is 0 Å². The van der Waals surface area contributed by atoms with E-state index in [0.717, 1.165) is 28.1 Å². The van der Waals surface area contributed by atoms with Gasteiger partial charge in [-0.1, -0.05) is 32.0 Å². The van der Waals surface area contributed by atoms with Crippen LogP contribution in [0.4, 0.5) is 8.78 Å². The van der Waals surface area contributed by atoms with E-state index in [4.69, 9.17) is 0 Å². The van der Waals surface area contributed by atoms with E-state index in [1.807, 2.05) is 12.1 Å². The molecular weight excluding hydrogens is 386 g/mol. The van der Waals surface area contributed by atoms with Crippen LogP contribution < -0.4 is 0 Å². The Bertz CT molecular complexity index is 947. The zero-order valence-corrected chi connectivity index (χ0v) is 16.5. The summed E-state index contributed by atoms with van der Waals surface area (Å²) in [6.07, 6.45) is 0. The maximum absolute atomic E-state index is 13.9. The molecule has 3 rings (SSSR count). The van der Waals surface area contributed by atoms with Gasteiger partial charge in [0.05, 0.1) is 0 Å². The molecule has 28 heavy (non-hydrogen) atoms. The van der Waals surface area contributed by atoms with E-state index in [9.17, 15) is 22.0 Å². The van der Waals surface area contributed by atoms with Crippen molar-refractivity contribution in [1.82, 2.24) is 9.21 Å². The second-order valence-electron chi connectivity index (χ2n) is 7.02. The van der Waals surface area contributed by atoms with Crippen molar-refractivity contribution in [2.75, 3.05) is 26.2 Å². The molecule has 1 saturated heterocycles. The SMILES string of the molecule is CC(C)c1ccc(C(=O)N2CCN(S(=O)(=O)c3c(F)cccc3F)CC2)cc1. The van der Waals surface area contributed by atoms with Crippen molar-refractivity contribution in [1.29, 1.82) is 0 Å². The molecule has 1 aliphatic rings. The fraction of sp³-hybridized carbons (Fsp3) is 0.350. The predicted molar refractivity (Wildman–Crippen MR) is 102 cm³/mol.